The number of hydrogen-bond donors (Lipinski definition) is 2. The van der Waals surface area contributed by atoms with Crippen LogP contribution in [0.1, 0.15) is 25.8 Å². The third-order valence-electron chi connectivity index (χ3n) is 3.61. The average Bonchev–Trinajstić information content (AvgIpc) is 2.96. The van der Waals surface area contributed by atoms with E-state index in [2.05, 4.69) is 31.3 Å². The van der Waals surface area contributed by atoms with Gasteiger partial charge in [-0.3, -0.25) is 0 Å². The molecule has 16 heavy (non-hydrogen) atoms. The lowest BCUT2D eigenvalue weighted by Crippen LogP contribution is -2.43. The van der Waals surface area contributed by atoms with Crippen molar-refractivity contribution >= 4 is 0 Å². The Labute approximate surface area is 98.2 Å². The molecule has 1 saturated carbocycles. The SMILES string of the molecule is CC1CC1CNCC(C)(N)c1ccccc1. The van der Waals surface area contributed by atoms with Crippen molar-refractivity contribution in [2.75, 3.05) is 13.1 Å². The molecule has 1 fully saturated rings. The van der Waals surface area contributed by atoms with Crippen LogP contribution in [0, 0.1) is 11.8 Å². The van der Waals surface area contributed by atoms with E-state index >= 15 is 0 Å². The van der Waals surface area contributed by atoms with Crippen molar-refractivity contribution < 1.29 is 0 Å². The highest BCUT2D eigenvalue weighted by molar-refractivity contribution is 5.23. The van der Waals surface area contributed by atoms with Crippen LogP contribution in [0.4, 0.5) is 0 Å². The van der Waals surface area contributed by atoms with Crippen molar-refractivity contribution in [3.8, 4) is 0 Å². The van der Waals surface area contributed by atoms with E-state index in [1.165, 1.54) is 12.0 Å². The number of benzene rings is 1. The number of hydrogen-bond acceptors (Lipinski definition) is 2. The third kappa shape index (κ3) is 2.83. The summed E-state index contributed by atoms with van der Waals surface area (Å²) in [6.07, 6.45) is 1.37. The molecule has 0 aliphatic heterocycles. The van der Waals surface area contributed by atoms with Crippen molar-refractivity contribution in [3.05, 3.63) is 35.9 Å². The Morgan fingerprint density at radius 3 is 2.56 bits per heavy atom. The zero-order valence-corrected chi connectivity index (χ0v) is 10.2. The van der Waals surface area contributed by atoms with Crippen LogP contribution in [-0.4, -0.2) is 13.1 Å². The van der Waals surface area contributed by atoms with Crippen LogP contribution in [0.3, 0.4) is 0 Å². The van der Waals surface area contributed by atoms with Gasteiger partial charge in [0, 0.05) is 6.54 Å². The van der Waals surface area contributed by atoms with Crippen LogP contribution >= 0.6 is 0 Å². The quantitative estimate of drug-likeness (QED) is 0.794. The van der Waals surface area contributed by atoms with Crippen LogP contribution in [0.15, 0.2) is 30.3 Å². The van der Waals surface area contributed by atoms with E-state index in [1.54, 1.807) is 0 Å². The Kier molecular flexibility index (Phi) is 3.31. The molecule has 0 heterocycles. The Morgan fingerprint density at radius 1 is 1.38 bits per heavy atom. The van der Waals surface area contributed by atoms with Gasteiger partial charge in [0.2, 0.25) is 0 Å². The molecule has 1 aromatic rings. The van der Waals surface area contributed by atoms with Gasteiger partial charge in [0.05, 0.1) is 5.54 Å². The highest BCUT2D eigenvalue weighted by Gasteiger charge is 2.32. The maximum absolute atomic E-state index is 6.32. The lowest BCUT2D eigenvalue weighted by atomic mass is 9.93. The smallest absolute Gasteiger partial charge is 0.0507 e. The predicted octanol–water partition coefficient (Wildman–Crippen LogP) is 2.11. The molecule has 0 radical (unpaired) electrons. The van der Waals surface area contributed by atoms with Crippen LogP contribution in [0.5, 0.6) is 0 Å². The normalized spacial score (nSPS) is 27.4. The molecule has 3 N–H and O–H groups in total. The zero-order valence-electron chi connectivity index (χ0n) is 10.2. The lowest BCUT2D eigenvalue weighted by molar-refractivity contribution is 0.437. The first-order chi connectivity index (χ1) is 7.59. The topological polar surface area (TPSA) is 38.0 Å². The zero-order chi connectivity index (χ0) is 11.6. The van der Waals surface area contributed by atoms with E-state index in [9.17, 15) is 0 Å². The van der Waals surface area contributed by atoms with E-state index in [1.807, 2.05) is 18.2 Å². The number of rotatable bonds is 5. The average molecular weight is 218 g/mol. The second kappa shape index (κ2) is 4.56. The molecular weight excluding hydrogens is 196 g/mol. The van der Waals surface area contributed by atoms with Crippen molar-refractivity contribution in [3.63, 3.8) is 0 Å². The summed E-state index contributed by atoms with van der Waals surface area (Å²) in [5.74, 6) is 1.79. The summed E-state index contributed by atoms with van der Waals surface area (Å²) in [5, 5.41) is 3.49. The molecule has 0 aromatic heterocycles. The van der Waals surface area contributed by atoms with E-state index in [-0.39, 0.29) is 5.54 Å². The fraction of sp³-hybridized carbons (Fsp3) is 0.571. The first kappa shape index (κ1) is 11.6. The Balaban J connectivity index is 1.83. The van der Waals surface area contributed by atoms with Gasteiger partial charge in [0.1, 0.15) is 0 Å². The van der Waals surface area contributed by atoms with E-state index < -0.39 is 0 Å². The summed E-state index contributed by atoms with van der Waals surface area (Å²) >= 11 is 0. The largest absolute Gasteiger partial charge is 0.321 e. The van der Waals surface area contributed by atoms with E-state index in [0.29, 0.717) is 0 Å². The van der Waals surface area contributed by atoms with Crippen molar-refractivity contribution in [2.24, 2.45) is 17.6 Å². The summed E-state index contributed by atoms with van der Waals surface area (Å²) in [4.78, 5) is 0. The Morgan fingerprint density at radius 2 is 2.00 bits per heavy atom. The van der Waals surface area contributed by atoms with Gasteiger partial charge in [0.15, 0.2) is 0 Å². The molecule has 1 aliphatic rings. The predicted molar refractivity (Wildman–Crippen MR) is 68.1 cm³/mol. The summed E-state index contributed by atoms with van der Waals surface area (Å²) in [6.45, 7) is 6.36. The maximum Gasteiger partial charge on any atom is 0.0507 e. The van der Waals surface area contributed by atoms with Crippen molar-refractivity contribution in [1.29, 1.82) is 0 Å². The molecule has 2 nitrogen and oxygen atoms in total. The molecule has 1 aromatic carbocycles. The van der Waals surface area contributed by atoms with Gasteiger partial charge in [-0.05, 0) is 37.3 Å². The molecule has 0 saturated heterocycles. The first-order valence-corrected chi connectivity index (χ1v) is 6.15. The van der Waals surface area contributed by atoms with Gasteiger partial charge in [-0.25, -0.2) is 0 Å². The molecule has 0 amide bonds. The Hall–Kier alpha value is -0.860. The monoisotopic (exact) mass is 218 g/mol. The summed E-state index contributed by atoms with van der Waals surface area (Å²) in [7, 11) is 0. The molecule has 3 atom stereocenters. The fourth-order valence-corrected chi connectivity index (χ4v) is 2.12. The van der Waals surface area contributed by atoms with E-state index in [4.69, 9.17) is 5.73 Å². The van der Waals surface area contributed by atoms with Gasteiger partial charge in [0.25, 0.3) is 0 Å². The van der Waals surface area contributed by atoms with Gasteiger partial charge in [-0.2, -0.15) is 0 Å². The van der Waals surface area contributed by atoms with Crippen LogP contribution in [0.25, 0.3) is 0 Å². The summed E-state index contributed by atoms with van der Waals surface area (Å²) < 4.78 is 0. The van der Waals surface area contributed by atoms with Gasteiger partial charge < -0.3 is 11.1 Å². The first-order valence-electron chi connectivity index (χ1n) is 6.15. The fourth-order valence-electron chi connectivity index (χ4n) is 2.12. The van der Waals surface area contributed by atoms with Gasteiger partial charge in [-0.1, -0.05) is 37.3 Å². The second-order valence-corrected chi connectivity index (χ2v) is 5.39. The molecule has 2 heteroatoms. The highest BCUT2D eigenvalue weighted by atomic mass is 14.9. The van der Waals surface area contributed by atoms with Crippen molar-refractivity contribution in [1.82, 2.24) is 5.32 Å². The van der Waals surface area contributed by atoms with Gasteiger partial charge in [-0.15, -0.1) is 0 Å². The van der Waals surface area contributed by atoms with Gasteiger partial charge >= 0.3 is 0 Å². The molecule has 2 rings (SSSR count). The molecule has 88 valence electrons. The second-order valence-electron chi connectivity index (χ2n) is 5.39. The number of nitrogens with two attached hydrogens (primary N) is 1. The maximum atomic E-state index is 6.32. The van der Waals surface area contributed by atoms with Crippen LogP contribution in [-0.2, 0) is 5.54 Å². The molecule has 3 unspecified atom stereocenters. The minimum atomic E-state index is -0.264. The molecule has 1 aliphatic carbocycles. The minimum absolute atomic E-state index is 0.264. The van der Waals surface area contributed by atoms with Crippen molar-refractivity contribution in [2.45, 2.75) is 25.8 Å². The Bertz CT molecular complexity index is 332. The standard InChI is InChI=1S/C14H22N2/c1-11-8-12(11)9-16-10-14(2,15)13-6-4-3-5-7-13/h3-7,11-12,16H,8-10,15H2,1-2H3. The van der Waals surface area contributed by atoms with Crippen LogP contribution < -0.4 is 11.1 Å². The summed E-state index contributed by atoms with van der Waals surface area (Å²) in [6, 6.07) is 10.3. The highest BCUT2D eigenvalue weighted by Crippen LogP contribution is 2.36. The van der Waals surface area contributed by atoms with E-state index in [0.717, 1.165) is 24.9 Å². The lowest BCUT2D eigenvalue weighted by Gasteiger charge is -2.25. The van der Waals surface area contributed by atoms with Crippen LogP contribution in [0.2, 0.25) is 0 Å². The third-order valence-corrected chi connectivity index (χ3v) is 3.61. The molecule has 0 bridgehead atoms. The minimum Gasteiger partial charge on any atom is -0.321 e. The molecule has 0 spiro atoms. The summed E-state index contributed by atoms with van der Waals surface area (Å²) in [5.41, 5.74) is 7.25. The molecular formula is C14H22N2. The number of nitrogens with one attached hydrogen (secondary N) is 1.